The highest BCUT2D eigenvalue weighted by atomic mass is 16.6. The largest absolute Gasteiger partial charge is 0.468 e. The second-order valence-corrected chi connectivity index (χ2v) is 7.32. The summed E-state index contributed by atoms with van der Waals surface area (Å²) < 4.78 is 19.0. The number of rotatable bonds is 11. The van der Waals surface area contributed by atoms with Crippen LogP contribution in [-0.2, 0) is 44.7 Å². The molecule has 12 nitrogen and oxygen atoms in total. The lowest BCUT2D eigenvalue weighted by molar-refractivity contribution is -0.163. The molecule has 2 amide bonds. The van der Waals surface area contributed by atoms with Crippen LogP contribution in [0.4, 0.5) is 4.79 Å². The number of alkyl carbamates (subject to hydrolysis) is 1. The summed E-state index contributed by atoms with van der Waals surface area (Å²) in [7, 11) is 3.14. The third-order valence-electron chi connectivity index (χ3n) is 4.97. The zero-order chi connectivity index (χ0) is 25.8. The fraction of sp³-hybridized carbons (Fsp3) is 0.500. The number of methoxy groups -OCH3 is 3. The van der Waals surface area contributed by atoms with E-state index in [9.17, 15) is 29.1 Å². The molecule has 1 aromatic rings. The maximum atomic E-state index is 12.8. The fourth-order valence-corrected chi connectivity index (χ4v) is 3.04. The second-order valence-electron chi connectivity index (χ2n) is 7.32. The van der Waals surface area contributed by atoms with Gasteiger partial charge < -0.3 is 34.7 Å². The summed E-state index contributed by atoms with van der Waals surface area (Å²) >= 11 is 0. The molecule has 0 aliphatic heterocycles. The summed E-state index contributed by atoms with van der Waals surface area (Å²) in [5.41, 5.74) is 0.701. The Bertz CT molecular complexity index is 843. The van der Waals surface area contributed by atoms with Crippen LogP contribution in [0, 0.1) is 11.8 Å². The van der Waals surface area contributed by atoms with Crippen molar-refractivity contribution in [2.45, 2.75) is 38.6 Å². The third-order valence-corrected chi connectivity index (χ3v) is 4.97. The summed E-state index contributed by atoms with van der Waals surface area (Å²) in [6.45, 7) is 2.49. The quantitative estimate of drug-likeness (QED) is 0.220. The number of esters is 3. The molecule has 188 valence electrons. The lowest BCUT2D eigenvalue weighted by Crippen LogP contribution is -2.58. The van der Waals surface area contributed by atoms with Gasteiger partial charge in [0.2, 0.25) is 5.91 Å². The van der Waals surface area contributed by atoms with E-state index in [2.05, 4.69) is 24.8 Å². The average molecular weight is 482 g/mol. The van der Waals surface area contributed by atoms with Crippen molar-refractivity contribution >= 4 is 29.9 Å². The first kappa shape index (κ1) is 28.4. The second kappa shape index (κ2) is 13.8. The van der Waals surface area contributed by atoms with Gasteiger partial charge in [-0.1, -0.05) is 37.3 Å². The van der Waals surface area contributed by atoms with Gasteiger partial charge in [-0.3, -0.25) is 14.4 Å². The Morgan fingerprint density at radius 3 is 1.82 bits per heavy atom. The summed E-state index contributed by atoms with van der Waals surface area (Å²) in [6, 6.07) is 5.71. The van der Waals surface area contributed by atoms with Gasteiger partial charge in [0.05, 0.1) is 27.4 Å². The molecule has 0 bridgehead atoms. The van der Waals surface area contributed by atoms with Gasteiger partial charge in [-0.2, -0.15) is 0 Å². The first-order chi connectivity index (χ1) is 16.1. The van der Waals surface area contributed by atoms with Crippen molar-refractivity contribution in [2.75, 3.05) is 21.3 Å². The van der Waals surface area contributed by atoms with Gasteiger partial charge in [0.25, 0.3) is 0 Å². The van der Waals surface area contributed by atoms with Gasteiger partial charge in [0, 0.05) is 5.92 Å². The predicted molar refractivity (Wildman–Crippen MR) is 116 cm³/mol. The molecule has 0 aromatic heterocycles. The minimum atomic E-state index is -1.56. The van der Waals surface area contributed by atoms with Crippen LogP contribution in [0.1, 0.15) is 19.4 Å². The molecule has 0 aliphatic rings. The van der Waals surface area contributed by atoms with E-state index < -0.39 is 59.9 Å². The van der Waals surface area contributed by atoms with Crippen LogP contribution in [-0.4, -0.2) is 74.5 Å². The highest BCUT2D eigenvalue weighted by Crippen LogP contribution is 2.20. The molecule has 1 aromatic carbocycles. The lowest BCUT2D eigenvalue weighted by atomic mass is 9.87. The molecule has 0 radical (unpaired) electrons. The van der Waals surface area contributed by atoms with Crippen LogP contribution in [0.3, 0.4) is 0 Å². The van der Waals surface area contributed by atoms with E-state index in [0.29, 0.717) is 5.56 Å². The molecule has 12 heteroatoms. The van der Waals surface area contributed by atoms with Gasteiger partial charge in [-0.25, -0.2) is 9.59 Å². The fourth-order valence-electron chi connectivity index (χ4n) is 3.04. The zero-order valence-corrected chi connectivity index (χ0v) is 19.6. The maximum absolute atomic E-state index is 12.8. The van der Waals surface area contributed by atoms with E-state index in [1.54, 1.807) is 30.3 Å². The molecule has 3 N–H and O–H groups in total. The van der Waals surface area contributed by atoms with E-state index in [1.165, 1.54) is 13.8 Å². The van der Waals surface area contributed by atoms with Crippen LogP contribution in [0.15, 0.2) is 30.3 Å². The monoisotopic (exact) mass is 482 g/mol. The SMILES string of the molecule is COC(=O)C(C(=O)OC)[C@@H](C)[C@H](NC(=O)[C@@H](NC(=O)OCc1ccccc1)[C@@H](C)O)C(=O)OC. The first-order valence-electron chi connectivity index (χ1n) is 10.3. The number of amides is 2. The molecule has 0 saturated carbocycles. The Morgan fingerprint density at radius 2 is 1.35 bits per heavy atom. The van der Waals surface area contributed by atoms with E-state index in [1.807, 2.05) is 0 Å². The molecule has 0 heterocycles. The summed E-state index contributed by atoms with van der Waals surface area (Å²) in [4.78, 5) is 61.7. The summed E-state index contributed by atoms with van der Waals surface area (Å²) in [6.07, 6.45) is -2.38. The van der Waals surface area contributed by atoms with Crippen molar-refractivity contribution in [3.05, 3.63) is 35.9 Å². The van der Waals surface area contributed by atoms with E-state index in [-0.39, 0.29) is 6.61 Å². The number of ether oxygens (including phenoxy) is 4. The number of hydrogen-bond donors (Lipinski definition) is 3. The van der Waals surface area contributed by atoms with Gasteiger partial charge in [-0.15, -0.1) is 0 Å². The Balaban J connectivity index is 3.00. The average Bonchev–Trinajstić information content (AvgIpc) is 2.83. The molecule has 0 unspecified atom stereocenters. The van der Waals surface area contributed by atoms with Crippen LogP contribution >= 0.6 is 0 Å². The lowest BCUT2D eigenvalue weighted by Gasteiger charge is -2.29. The smallest absolute Gasteiger partial charge is 0.408 e. The normalized spacial score (nSPS) is 14.1. The van der Waals surface area contributed by atoms with Crippen molar-refractivity contribution in [3.63, 3.8) is 0 Å². The number of hydrogen-bond acceptors (Lipinski definition) is 10. The molecule has 1 rings (SSSR count). The van der Waals surface area contributed by atoms with E-state index in [0.717, 1.165) is 21.3 Å². The van der Waals surface area contributed by atoms with Crippen molar-refractivity contribution < 1.29 is 48.0 Å². The Labute approximate surface area is 196 Å². The number of carbonyl (C=O) groups is 5. The Kier molecular flexibility index (Phi) is 11.5. The van der Waals surface area contributed by atoms with Gasteiger partial charge >= 0.3 is 24.0 Å². The number of nitrogens with one attached hydrogen (secondary N) is 2. The molecular formula is C22H30N2O10. The van der Waals surface area contributed by atoms with Crippen molar-refractivity contribution in [1.29, 1.82) is 0 Å². The minimum Gasteiger partial charge on any atom is -0.468 e. The Hall–Kier alpha value is -3.67. The molecule has 0 fully saturated rings. The molecule has 34 heavy (non-hydrogen) atoms. The van der Waals surface area contributed by atoms with E-state index in [4.69, 9.17) is 4.74 Å². The molecule has 0 aliphatic carbocycles. The van der Waals surface area contributed by atoms with Crippen LogP contribution in [0.5, 0.6) is 0 Å². The molecule has 0 saturated heterocycles. The summed E-state index contributed by atoms with van der Waals surface area (Å²) in [5.74, 6) is -6.67. The van der Waals surface area contributed by atoms with Crippen molar-refractivity contribution in [2.24, 2.45) is 11.8 Å². The van der Waals surface area contributed by atoms with Crippen molar-refractivity contribution in [3.8, 4) is 0 Å². The molecule has 0 spiro atoms. The topological polar surface area (TPSA) is 167 Å². The number of carbonyl (C=O) groups excluding carboxylic acids is 5. The predicted octanol–water partition coefficient (Wildman–Crippen LogP) is -0.0817. The van der Waals surface area contributed by atoms with Gasteiger partial charge in [0.1, 0.15) is 18.7 Å². The summed E-state index contributed by atoms with van der Waals surface area (Å²) in [5, 5.41) is 14.6. The van der Waals surface area contributed by atoms with Crippen LogP contribution in [0.2, 0.25) is 0 Å². The maximum Gasteiger partial charge on any atom is 0.408 e. The van der Waals surface area contributed by atoms with Crippen LogP contribution in [0.25, 0.3) is 0 Å². The van der Waals surface area contributed by atoms with Gasteiger partial charge in [-0.05, 0) is 12.5 Å². The van der Waals surface area contributed by atoms with Crippen molar-refractivity contribution in [1.82, 2.24) is 10.6 Å². The number of benzene rings is 1. The van der Waals surface area contributed by atoms with E-state index >= 15 is 0 Å². The minimum absolute atomic E-state index is 0.0808. The highest BCUT2D eigenvalue weighted by molar-refractivity contribution is 5.97. The standard InChI is InChI=1S/C22H30N2O10/c1-12(15(19(27)31-3)20(28)32-4)16(21(29)33-5)23-18(26)17(13(2)25)24-22(30)34-11-14-9-7-6-8-10-14/h6-10,12-13,15-17,25H,11H2,1-5H3,(H,23,26)(H,24,30)/t12-,13-,16+,17+/m1/s1. The molecular weight excluding hydrogens is 452 g/mol. The third kappa shape index (κ3) is 8.03. The molecule has 4 atom stereocenters. The Morgan fingerprint density at radius 1 is 0.824 bits per heavy atom. The number of aliphatic hydroxyl groups is 1. The zero-order valence-electron chi connectivity index (χ0n) is 19.6. The van der Waals surface area contributed by atoms with Gasteiger partial charge in [0.15, 0.2) is 5.92 Å². The highest BCUT2D eigenvalue weighted by Gasteiger charge is 2.43. The first-order valence-corrected chi connectivity index (χ1v) is 10.3. The number of aliphatic hydroxyl groups excluding tert-OH is 1. The van der Waals surface area contributed by atoms with Crippen LogP contribution < -0.4 is 10.6 Å².